The average molecular weight is 277 g/mol. The second-order valence-electron chi connectivity index (χ2n) is 5.02. The van der Waals surface area contributed by atoms with E-state index in [9.17, 15) is 4.79 Å². The maximum Gasteiger partial charge on any atom is 0.204 e. The van der Waals surface area contributed by atoms with E-state index >= 15 is 0 Å². The van der Waals surface area contributed by atoms with Crippen LogP contribution in [0.1, 0.15) is 0 Å². The molecule has 0 saturated heterocycles. The number of carbonyl (C=O) groups is 1. The normalized spacial score (nSPS) is 18.4. The number of rotatable bonds is 2. The van der Waals surface area contributed by atoms with Gasteiger partial charge in [-0.3, -0.25) is 4.79 Å². The van der Waals surface area contributed by atoms with Gasteiger partial charge in [0.2, 0.25) is 5.78 Å². The Morgan fingerprint density at radius 1 is 1.05 bits per heavy atom. The minimum absolute atomic E-state index is 0.0764. The molecule has 0 aromatic heterocycles. The first-order valence-corrected chi connectivity index (χ1v) is 6.69. The second kappa shape index (κ2) is 5.32. The third-order valence-corrected chi connectivity index (χ3v) is 3.28. The largest absolute Gasteiger partial charge is 0.378 e. The zero-order valence-electron chi connectivity index (χ0n) is 11.9. The van der Waals surface area contributed by atoms with Crippen LogP contribution in [0.4, 0.5) is 11.4 Å². The molecule has 4 nitrogen and oxygen atoms in total. The van der Waals surface area contributed by atoms with Gasteiger partial charge in [0, 0.05) is 25.4 Å². The lowest BCUT2D eigenvalue weighted by atomic mass is 9.99. The molecule has 0 bridgehead atoms. The molecule has 104 valence electrons. The zero-order chi connectivity index (χ0) is 14.8. The minimum atomic E-state index is -0.0764. The number of amidine groups is 1. The fraction of sp³-hybridized carbons (Fsp3) is 0.118. The van der Waals surface area contributed by atoms with Crippen LogP contribution in [0.15, 0.2) is 70.2 Å². The van der Waals surface area contributed by atoms with Gasteiger partial charge in [0.25, 0.3) is 0 Å². The van der Waals surface area contributed by atoms with Gasteiger partial charge in [0.05, 0.1) is 5.69 Å². The first-order valence-electron chi connectivity index (χ1n) is 6.69. The van der Waals surface area contributed by atoms with E-state index in [0.717, 1.165) is 16.9 Å². The van der Waals surface area contributed by atoms with Crippen LogP contribution < -0.4 is 4.90 Å². The summed E-state index contributed by atoms with van der Waals surface area (Å²) in [7, 11) is 3.99. The van der Waals surface area contributed by atoms with E-state index in [0.29, 0.717) is 11.5 Å². The summed E-state index contributed by atoms with van der Waals surface area (Å²) in [5.41, 5.74) is 3.23. The van der Waals surface area contributed by atoms with Crippen LogP contribution in [0.5, 0.6) is 0 Å². The molecule has 0 amide bonds. The Morgan fingerprint density at radius 2 is 1.81 bits per heavy atom. The van der Waals surface area contributed by atoms with Crippen molar-refractivity contribution in [3.63, 3.8) is 0 Å². The SMILES string of the molecule is CN(C)c1ccc(N=C2C=CC3=CC=CC(=O)C3=N2)cc1. The van der Waals surface area contributed by atoms with Gasteiger partial charge in [-0.15, -0.1) is 0 Å². The van der Waals surface area contributed by atoms with Crippen molar-refractivity contribution in [2.45, 2.75) is 0 Å². The standard InChI is InChI=1S/C17H15N3O/c1-20(2)14-9-7-13(8-10-14)18-16-11-6-12-4-3-5-15(21)17(12)19-16/h3-11H,1-2H3. The first kappa shape index (κ1) is 13.2. The predicted molar refractivity (Wildman–Crippen MR) is 86.7 cm³/mol. The van der Waals surface area contributed by atoms with Gasteiger partial charge >= 0.3 is 0 Å². The van der Waals surface area contributed by atoms with Crippen LogP contribution >= 0.6 is 0 Å². The number of nitrogens with zero attached hydrogens (tertiary/aromatic N) is 3. The van der Waals surface area contributed by atoms with Crippen molar-refractivity contribution in [2.24, 2.45) is 9.98 Å². The number of hydrogen-bond donors (Lipinski definition) is 0. The number of hydrogen-bond acceptors (Lipinski definition) is 3. The van der Waals surface area contributed by atoms with Crippen LogP contribution in [0.2, 0.25) is 0 Å². The van der Waals surface area contributed by atoms with Gasteiger partial charge in [-0.1, -0.05) is 12.2 Å². The molecule has 1 heterocycles. The number of anilines is 1. The fourth-order valence-electron chi connectivity index (χ4n) is 2.13. The monoisotopic (exact) mass is 277 g/mol. The van der Waals surface area contributed by atoms with Crippen molar-refractivity contribution in [3.8, 4) is 0 Å². The molecule has 0 fully saturated rings. The highest BCUT2D eigenvalue weighted by Gasteiger charge is 2.18. The minimum Gasteiger partial charge on any atom is -0.378 e. The van der Waals surface area contributed by atoms with Crippen LogP contribution in [-0.2, 0) is 4.79 Å². The number of allylic oxidation sites excluding steroid dienone is 5. The van der Waals surface area contributed by atoms with E-state index in [1.807, 2.05) is 61.5 Å². The quantitative estimate of drug-likeness (QED) is 0.780. The average Bonchev–Trinajstić information content (AvgIpc) is 2.49. The van der Waals surface area contributed by atoms with Gasteiger partial charge in [0.1, 0.15) is 5.71 Å². The Kier molecular flexibility index (Phi) is 3.36. The van der Waals surface area contributed by atoms with Crippen molar-refractivity contribution < 1.29 is 4.79 Å². The number of benzene rings is 1. The molecule has 0 spiro atoms. The van der Waals surface area contributed by atoms with Gasteiger partial charge in [0.15, 0.2) is 5.84 Å². The third kappa shape index (κ3) is 2.74. The molecular weight excluding hydrogens is 262 g/mol. The molecule has 4 heteroatoms. The molecule has 1 aromatic carbocycles. The number of ketones is 1. The van der Waals surface area contributed by atoms with Crippen LogP contribution in [0.3, 0.4) is 0 Å². The van der Waals surface area contributed by atoms with E-state index in [1.165, 1.54) is 6.08 Å². The molecule has 21 heavy (non-hydrogen) atoms. The number of aliphatic imine (C=N–C) groups is 2. The molecular formula is C17H15N3O. The van der Waals surface area contributed by atoms with Gasteiger partial charge in [-0.2, -0.15) is 0 Å². The summed E-state index contributed by atoms with van der Waals surface area (Å²) < 4.78 is 0. The molecule has 1 aromatic rings. The number of carbonyl (C=O) groups excluding carboxylic acids is 1. The Balaban J connectivity index is 1.89. The van der Waals surface area contributed by atoms with Crippen LogP contribution in [-0.4, -0.2) is 31.4 Å². The molecule has 0 unspecified atom stereocenters. The number of fused-ring (bicyclic) bond motifs is 1. The van der Waals surface area contributed by atoms with E-state index in [4.69, 9.17) is 0 Å². The lowest BCUT2D eigenvalue weighted by Crippen LogP contribution is -2.20. The lowest BCUT2D eigenvalue weighted by Gasteiger charge is -2.13. The Bertz CT molecular complexity index is 732. The highest BCUT2D eigenvalue weighted by Crippen LogP contribution is 2.20. The predicted octanol–water partition coefficient (Wildman–Crippen LogP) is 2.86. The topological polar surface area (TPSA) is 45.0 Å². The van der Waals surface area contributed by atoms with Crippen molar-refractivity contribution in [2.75, 3.05) is 19.0 Å². The van der Waals surface area contributed by atoms with Crippen LogP contribution in [0, 0.1) is 0 Å². The zero-order valence-corrected chi connectivity index (χ0v) is 11.9. The van der Waals surface area contributed by atoms with Crippen molar-refractivity contribution in [1.82, 2.24) is 0 Å². The lowest BCUT2D eigenvalue weighted by molar-refractivity contribution is -0.108. The van der Waals surface area contributed by atoms with Crippen molar-refractivity contribution in [1.29, 1.82) is 0 Å². The summed E-state index contributed by atoms with van der Waals surface area (Å²) in [6.45, 7) is 0. The van der Waals surface area contributed by atoms with Crippen molar-refractivity contribution in [3.05, 3.63) is 60.2 Å². The summed E-state index contributed by atoms with van der Waals surface area (Å²) >= 11 is 0. The molecule has 0 radical (unpaired) electrons. The molecule has 2 aliphatic rings. The van der Waals surface area contributed by atoms with Crippen LogP contribution in [0.25, 0.3) is 0 Å². The van der Waals surface area contributed by atoms with E-state index in [2.05, 4.69) is 9.98 Å². The molecule has 0 saturated carbocycles. The summed E-state index contributed by atoms with van der Waals surface area (Å²) in [5, 5.41) is 0. The van der Waals surface area contributed by atoms with Gasteiger partial charge in [-0.25, -0.2) is 9.98 Å². The smallest absolute Gasteiger partial charge is 0.204 e. The molecule has 3 rings (SSSR count). The third-order valence-electron chi connectivity index (χ3n) is 3.28. The summed E-state index contributed by atoms with van der Waals surface area (Å²) in [6.07, 6.45) is 8.83. The summed E-state index contributed by atoms with van der Waals surface area (Å²) in [6, 6.07) is 7.87. The van der Waals surface area contributed by atoms with Gasteiger partial charge in [-0.05, 0) is 42.5 Å². The van der Waals surface area contributed by atoms with E-state index in [-0.39, 0.29) is 5.78 Å². The molecule has 0 atom stereocenters. The fourth-order valence-corrected chi connectivity index (χ4v) is 2.13. The Morgan fingerprint density at radius 3 is 2.52 bits per heavy atom. The Hall–Kier alpha value is -2.75. The van der Waals surface area contributed by atoms with E-state index in [1.54, 1.807) is 6.08 Å². The maximum atomic E-state index is 11.8. The highest BCUT2D eigenvalue weighted by molar-refractivity contribution is 6.53. The maximum absolute atomic E-state index is 11.8. The molecule has 1 aliphatic heterocycles. The van der Waals surface area contributed by atoms with Gasteiger partial charge < -0.3 is 4.90 Å². The summed E-state index contributed by atoms with van der Waals surface area (Å²) in [4.78, 5) is 22.6. The Labute approximate surface area is 123 Å². The van der Waals surface area contributed by atoms with E-state index < -0.39 is 0 Å². The molecule has 0 N–H and O–H groups in total. The number of dihydropyridines is 1. The second-order valence-corrected chi connectivity index (χ2v) is 5.02. The summed E-state index contributed by atoms with van der Waals surface area (Å²) in [5.74, 6) is 0.468. The first-order chi connectivity index (χ1) is 10.1. The highest BCUT2D eigenvalue weighted by atomic mass is 16.1. The molecule has 1 aliphatic carbocycles. The van der Waals surface area contributed by atoms with Crippen molar-refractivity contribution >= 4 is 28.7 Å².